The Bertz CT molecular complexity index is 1580. The van der Waals surface area contributed by atoms with Crippen molar-refractivity contribution in [3.63, 3.8) is 0 Å². The van der Waals surface area contributed by atoms with E-state index in [0.717, 1.165) is 36.8 Å². The van der Waals surface area contributed by atoms with Gasteiger partial charge in [0, 0.05) is 24.0 Å². The van der Waals surface area contributed by atoms with E-state index in [4.69, 9.17) is 0 Å². The zero-order valence-electron chi connectivity index (χ0n) is 24.6. The highest BCUT2D eigenvalue weighted by atomic mass is 32.2. The summed E-state index contributed by atoms with van der Waals surface area (Å²) in [5.41, 5.74) is 3.23. The van der Waals surface area contributed by atoms with Crippen LogP contribution >= 0.6 is 23.1 Å². The molecule has 1 aliphatic rings. The summed E-state index contributed by atoms with van der Waals surface area (Å²) in [6, 6.07) is 18.5. The summed E-state index contributed by atoms with van der Waals surface area (Å²) in [7, 11) is 1.84. The number of aromatic nitrogens is 3. The zero-order valence-corrected chi connectivity index (χ0v) is 26.2. The normalized spacial score (nSPS) is 13.3. The molecule has 0 spiro atoms. The summed E-state index contributed by atoms with van der Waals surface area (Å²) in [5.74, 6) is 0.212. The Labute approximate surface area is 259 Å². The van der Waals surface area contributed by atoms with E-state index >= 15 is 0 Å². The number of thiophene rings is 1. The van der Waals surface area contributed by atoms with Crippen LogP contribution in [0, 0.1) is 5.92 Å². The molecule has 1 atom stereocenters. The molecule has 9 nitrogen and oxygen atoms in total. The molecule has 224 valence electrons. The van der Waals surface area contributed by atoms with E-state index in [1.807, 2.05) is 74.0 Å². The van der Waals surface area contributed by atoms with Crippen LogP contribution < -0.4 is 16.0 Å². The fourth-order valence-electron chi connectivity index (χ4n) is 5.12. The number of fused-ring (bicyclic) bond motifs is 1. The topological polar surface area (TPSA) is 118 Å². The first-order valence-corrected chi connectivity index (χ1v) is 16.3. The van der Waals surface area contributed by atoms with E-state index in [1.54, 1.807) is 12.1 Å². The van der Waals surface area contributed by atoms with Crippen molar-refractivity contribution in [2.24, 2.45) is 13.0 Å². The van der Waals surface area contributed by atoms with Gasteiger partial charge in [0.15, 0.2) is 11.0 Å². The quantitative estimate of drug-likeness (QED) is 0.191. The van der Waals surface area contributed by atoms with Crippen molar-refractivity contribution in [3.8, 4) is 0 Å². The van der Waals surface area contributed by atoms with Gasteiger partial charge in [-0.2, -0.15) is 0 Å². The molecule has 3 N–H and O–H groups in total. The van der Waals surface area contributed by atoms with Gasteiger partial charge in [-0.1, -0.05) is 74.1 Å². The molecule has 2 heterocycles. The lowest BCUT2D eigenvalue weighted by molar-refractivity contribution is -0.113. The van der Waals surface area contributed by atoms with Crippen molar-refractivity contribution in [2.45, 2.75) is 57.3 Å². The van der Waals surface area contributed by atoms with Gasteiger partial charge in [-0.15, -0.1) is 21.5 Å². The van der Waals surface area contributed by atoms with Crippen LogP contribution in [0.15, 0.2) is 65.8 Å². The van der Waals surface area contributed by atoms with Crippen molar-refractivity contribution >= 4 is 45.8 Å². The number of carbonyl (C=O) groups is 3. The first-order chi connectivity index (χ1) is 20.8. The van der Waals surface area contributed by atoms with Gasteiger partial charge in [-0.25, -0.2) is 0 Å². The standard InChI is InChI=1S/C32H36N6O3S2/c1-20(2)27(35-29(40)22-14-8-5-9-15-22)28-36-37-32(38(28)3)42-19-25(39)34-31-26(23-16-10-11-17-24(23)43-31)30(41)33-18-21-12-6-4-7-13-21/h4-9,12-15,20,27H,10-11,16-19H2,1-3H3,(H,33,41)(H,34,39)(H,35,40)/t27-/m0/s1. The Balaban J connectivity index is 1.25. The number of anilines is 1. The Morgan fingerprint density at radius 3 is 2.37 bits per heavy atom. The lowest BCUT2D eigenvalue weighted by atomic mass is 9.95. The first kappa shape index (κ1) is 30.5. The predicted molar refractivity (Wildman–Crippen MR) is 170 cm³/mol. The summed E-state index contributed by atoms with van der Waals surface area (Å²) in [6.07, 6.45) is 3.87. The molecule has 0 fully saturated rings. The maximum Gasteiger partial charge on any atom is 0.254 e. The SMILES string of the molecule is CC(C)[C@H](NC(=O)c1ccccc1)c1nnc(SCC(=O)Nc2sc3c(c2C(=O)NCc2ccccc2)CCCC3)n1C. The van der Waals surface area contributed by atoms with Gasteiger partial charge < -0.3 is 20.5 Å². The van der Waals surface area contributed by atoms with E-state index < -0.39 is 0 Å². The molecular weight excluding hydrogens is 581 g/mol. The number of benzene rings is 2. The van der Waals surface area contributed by atoms with E-state index in [1.165, 1.54) is 28.0 Å². The molecule has 43 heavy (non-hydrogen) atoms. The lowest BCUT2D eigenvalue weighted by Crippen LogP contribution is -2.33. The molecule has 5 rings (SSSR count). The van der Waals surface area contributed by atoms with Crippen LogP contribution in [0.4, 0.5) is 5.00 Å². The molecule has 0 saturated heterocycles. The summed E-state index contributed by atoms with van der Waals surface area (Å²) in [6.45, 7) is 4.45. The Morgan fingerprint density at radius 1 is 0.953 bits per heavy atom. The molecule has 3 amide bonds. The van der Waals surface area contributed by atoms with E-state index in [0.29, 0.717) is 33.7 Å². The van der Waals surface area contributed by atoms with E-state index in [2.05, 4.69) is 26.1 Å². The van der Waals surface area contributed by atoms with Crippen molar-refractivity contribution in [3.05, 3.63) is 93.6 Å². The molecule has 0 saturated carbocycles. The molecule has 4 aromatic rings. The molecule has 11 heteroatoms. The van der Waals surface area contributed by atoms with Crippen molar-refractivity contribution in [1.29, 1.82) is 0 Å². The summed E-state index contributed by atoms with van der Waals surface area (Å²) >= 11 is 2.77. The summed E-state index contributed by atoms with van der Waals surface area (Å²) in [5, 5.41) is 19.0. The minimum Gasteiger partial charge on any atom is -0.348 e. The maximum atomic E-state index is 13.4. The highest BCUT2D eigenvalue weighted by Crippen LogP contribution is 2.38. The molecule has 0 bridgehead atoms. The summed E-state index contributed by atoms with van der Waals surface area (Å²) in [4.78, 5) is 40.5. The second kappa shape index (κ2) is 14.0. The van der Waals surface area contributed by atoms with E-state index in [-0.39, 0.29) is 35.4 Å². The number of amides is 3. The molecule has 0 radical (unpaired) electrons. The van der Waals surface area contributed by atoms with Crippen LogP contribution in [0.5, 0.6) is 0 Å². The predicted octanol–water partition coefficient (Wildman–Crippen LogP) is 5.54. The number of rotatable bonds is 11. The van der Waals surface area contributed by atoms with Crippen LogP contribution in [0.2, 0.25) is 0 Å². The van der Waals surface area contributed by atoms with Crippen LogP contribution in [-0.4, -0.2) is 38.2 Å². The number of hydrogen-bond acceptors (Lipinski definition) is 7. The van der Waals surface area contributed by atoms with Gasteiger partial charge >= 0.3 is 0 Å². The largest absolute Gasteiger partial charge is 0.348 e. The van der Waals surface area contributed by atoms with Gasteiger partial charge in [0.25, 0.3) is 11.8 Å². The average molecular weight is 617 g/mol. The smallest absolute Gasteiger partial charge is 0.254 e. The molecule has 2 aromatic carbocycles. The van der Waals surface area contributed by atoms with Crippen molar-refractivity contribution in [1.82, 2.24) is 25.4 Å². The highest BCUT2D eigenvalue weighted by molar-refractivity contribution is 7.99. The van der Waals surface area contributed by atoms with Gasteiger partial charge in [0.2, 0.25) is 5.91 Å². The molecule has 2 aromatic heterocycles. The van der Waals surface area contributed by atoms with Gasteiger partial charge in [-0.05, 0) is 54.9 Å². The molecule has 0 unspecified atom stereocenters. The number of carbonyl (C=O) groups excluding carboxylic acids is 3. The molecule has 1 aliphatic carbocycles. The Hall–Kier alpha value is -3.96. The van der Waals surface area contributed by atoms with Crippen LogP contribution in [-0.2, 0) is 31.2 Å². The van der Waals surface area contributed by atoms with Gasteiger partial charge in [0.05, 0.1) is 17.4 Å². The maximum absolute atomic E-state index is 13.4. The molecule has 0 aliphatic heterocycles. The monoisotopic (exact) mass is 616 g/mol. The fraction of sp³-hybridized carbons (Fsp3) is 0.344. The number of nitrogens with zero attached hydrogens (tertiary/aromatic N) is 3. The fourth-order valence-corrected chi connectivity index (χ4v) is 7.14. The van der Waals surface area contributed by atoms with Gasteiger partial charge in [-0.3, -0.25) is 14.4 Å². The third-order valence-corrected chi connectivity index (χ3v) is 9.64. The van der Waals surface area contributed by atoms with Crippen molar-refractivity contribution in [2.75, 3.05) is 11.1 Å². The number of nitrogens with one attached hydrogen (secondary N) is 3. The van der Waals surface area contributed by atoms with Crippen LogP contribution in [0.1, 0.15) is 75.3 Å². The highest BCUT2D eigenvalue weighted by Gasteiger charge is 2.28. The number of thioether (sulfide) groups is 1. The zero-order chi connectivity index (χ0) is 30.3. The number of hydrogen-bond donors (Lipinski definition) is 3. The third-order valence-electron chi connectivity index (χ3n) is 7.42. The third kappa shape index (κ3) is 7.34. The second-order valence-corrected chi connectivity index (χ2v) is 12.9. The van der Waals surface area contributed by atoms with E-state index in [9.17, 15) is 14.4 Å². The van der Waals surface area contributed by atoms with Crippen LogP contribution in [0.25, 0.3) is 0 Å². The Kier molecular flexibility index (Phi) is 9.93. The van der Waals surface area contributed by atoms with Crippen molar-refractivity contribution < 1.29 is 14.4 Å². The number of aryl methyl sites for hydroxylation is 1. The lowest BCUT2D eigenvalue weighted by Gasteiger charge is -2.21. The Morgan fingerprint density at radius 2 is 1.65 bits per heavy atom. The molecular formula is C32H36N6O3S2. The van der Waals surface area contributed by atoms with Gasteiger partial charge in [0.1, 0.15) is 5.00 Å². The second-order valence-electron chi connectivity index (χ2n) is 10.9. The van der Waals surface area contributed by atoms with Crippen LogP contribution in [0.3, 0.4) is 0 Å². The minimum atomic E-state index is -0.359. The first-order valence-electron chi connectivity index (χ1n) is 14.5. The summed E-state index contributed by atoms with van der Waals surface area (Å²) < 4.78 is 1.82. The average Bonchev–Trinajstić information content (AvgIpc) is 3.57. The minimum absolute atomic E-state index is 0.0630.